The summed E-state index contributed by atoms with van der Waals surface area (Å²) in [6.45, 7) is 1.24. The summed E-state index contributed by atoms with van der Waals surface area (Å²) >= 11 is 7.17. The van der Waals surface area contributed by atoms with Crippen LogP contribution < -0.4 is 17.0 Å². The van der Waals surface area contributed by atoms with Crippen LogP contribution >= 0.6 is 23.4 Å². The molecule has 2 aromatic heterocycles. The summed E-state index contributed by atoms with van der Waals surface area (Å²) < 4.78 is 9.65. The SMILES string of the molecule is Cn1c(N)c(C(=O)CSc2nnc(-c3ccc(Cl)cc3)n2C[C@@H]2CCCO2)c(=O)n(C)c1=O. The van der Waals surface area contributed by atoms with Crippen LogP contribution in [0.1, 0.15) is 23.2 Å². The lowest BCUT2D eigenvalue weighted by Crippen LogP contribution is -2.41. The third-order valence-electron chi connectivity index (χ3n) is 5.55. The van der Waals surface area contributed by atoms with Crippen molar-refractivity contribution in [1.82, 2.24) is 23.9 Å². The van der Waals surface area contributed by atoms with Crippen LogP contribution in [0.3, 0.4) is 0 Å². The second-order valence-corrected chi connectivity index (χ2v) is 9.12. The van der Waals surface area contributed by atoms with Crippen LogP contribution in [0.4, 0.5) is 5.82 Å². The van der Waals surface area contributed by atoms with Gasteiger partial charge in [0.1, 0.15) is 11.4 Å². The Bertz CT molecular complexity index is 1310. The lowest BCUT2D eigenvalue weighted by atomic mass is 10.2. The molecule has 1 aromatic carbocycles. The fourth-order valence-corrected chi connectivity index (χ4v) is 4.63. The Morgan fingerprint density at radius 3 is 2.61 bits per heavy atom. The highest BCUT2D eigenvalue weighted by Crippen LogP contribution is 2.28. The second-order valence-electron chi connectivity index (χ2n) is 7.74. The standard InChI is InChI=1S/C21H23ClN6O4S/c1-26-17(23)16(19(30)27(2)21(26)31)15(29)11-33-20-25-24-18(12-5-7-13(22)8-6-12)28(20)10-14-4-3-9-32-14/h5-8,14H,3-4,9-11,23H2,1-2H3/t14-/m0/s1. The van der Waals surface area contributed by atoms with E-state index < -0.39 is 17.0 Å². The first-order chi connectivity index (χ1) is 15.8. The van der Waals surface area contributed by atoms with E-state index in [0.29, 0.717) is 29.2 Å². The minimum absolute atomic E-state index is 0.0219. The van der Waals surface area contributed by atoms with Gasteiger partial charge in [-0.2, -0.15) is 0 Å². The molecule has 1 fully saturated rings. The van der Waals surface area contributed by atoms with Crippen molar-refractivity contribution in [2.24, 2.45) is 14.1 Å². The zero-order chi connectivity index (χ0) is 23.7. The molecule has 0 saturated carbocycles. The number of benzene rings is 1. The largest absolute Gasteiger partial charge is 0.384 e. The van der Waals surface area contributed by atoms with Gasteiger partial charge in [-0.3, -0.25) is 23.3 Å². The van der Waals surface area contributed by atoms with Gasteiger partial charge in [0.05, 0.1) is 18.4 Å². The summed E-state index contributed by atoms with van der Waals surface area (Å²) in [5.74, 6) is -0.110. The van der Waals surface area contributed by atoms with Gasteiger partial charge in [0, 0.05) is 31.3 Å². The minimum Gasteiger partial charge on any atom is -0.384 e. The molecule has 0 spiro atoms. The Labute approximate surface area is 198 Å². The van der Waals surface area contributed by atoms with Crippen molar-refractivity contribution in [1.29, 1.82) is 0 Å². The first-order valence-electron chi connectivity index (χ1n) is 10.3. The summed E-state index contributed by atoms with van der Waals surface area (Å²) in [5.41, 5.74) is 5.22. The number of nitrogens with two attached hydrogens (primary N) is 1. The molecular weight excluding hydrogens is 468 g/mol. The molecule has 0 aliphatic carbocycles. The average Bonchev–Trinajstić information content (AvgIpc) is 3.46. The Morgan fingerprint density at radius 1 is 1.21 bits per heavy atom. The van der Waals surface area contributed by atoms with E-state index in [0.717, 1.165) is 39.3 Å². The van der Waals surface area contributed by atoms with Crippen molar-refractivity contribution in [2.75, 3.05) is 18.1 Å². The Balaban J connectivity index is 1.63. The topological polar surface area (TPSA) is 127 Å². The second kappa shape index (κ2) is 9.54. The zero-order valence-corrected chi connectivity index (χ0v) is 19.7. The van der Waals surface area contributed by atoms with Crippen LogP contribution in [-0.2, 0) is 25.4 Å². The number of anilines is 1. The van der Waals surface area contributed by atoms with E-state index in [1.807, 2.05) is 16.7 Å². The van der Waals surface area contributed by atoms with Gasteiger partial charge in [0.2, 0.25) is 0 Å². The van der Waals surface area contributed by atoms with E-state index in [1.54, 1.807) is 12.1 Å². The molecule has 33 heavy (non-hydrogen) atoms. The maximum Gasteiger partial charge on any atom is 0.332 e. The van der Waals surface area contributed by atoms with Crippen molar-refractivity contribution in [3.8, 4) is 11.4 Å². The highest BCUT2D eigenvalue weighted by atomic mass is 35.5. The third kappa shape index (κ3) is 4.61. The van der Waals surface area contributed by atoms with Gasteiger partial charge in [0.15, 0.2) is 16.8 Å². The summed E-state index contributed by atoms with van der Waals surface area (Å²) in [4.78, 5) is 37.4. The van der Waals surface area contributed by atoms with E-state index in [-0.39, 0.29) is 23.2 Å². The minimum atomic E-state index is -0.719. The number of hydrogen-bond acceptors (Lipinski definition) is 8. The number of carbonyl (C=O) groups excluding carboxylic acids is 1. The predicted octanol–water partition coefficient (Wildman–Crippen LogP) is 1.73. The number of Topliss-reactive ketones (excluding diaryl/α,β-unsaturated/α-hetero) is 1. The number of nitrogens with zero attached hydrogens (tertiary/aromatic N) is 5. The molecule has 3 aromatic rings. The van der Waals surface area contributed by atoms with Crippen LogP contribution in [0.25, 0.3) is 11.4 Å². The van der Waals surface area contributed by atoms with Crippen LogP contribution in [0.5, 0.6) is 0 Å². The predicted molar refractivity (Wildman–Crippen MR) is 126 cm³/mol. The van der Waals surface area contributed by atoms with Gasteiger partial charge < -0.3 is 10.5 Å². The molecule has 174 valence electrons. The lowest BCUT2D eigenvalue weighted by molar-refractivity contribution is 0.0953. The van der Waals surface area contributed by atoms with Gasteiger partial charge in [-0.15, -0.1) is 10.2 Å². The van der Waals surface area contributed by atoms with Crippen molar-refractivity contribution in [3.05, 3.63) is 55.7 Å². The van der Waals surface area contributed by atoms with Crippen LogP contribution in [-0.4, -0.2) is 48.1 Å². The monoisotopic (exact) mass is 490 g/mol. The van der Waals surface area contributed by atoms with E-state index in [1.165, 1.54) is 14.1 Å². The molecule has 1 saturated heterocycles. The molecule has 10 nitrogen and oxygen atoms in total. The lowest BCUT2D eigenvalue weighted by Gasteiger charge is -2.15. The maximum absolute atomic E-state index is 12.9. The molecule has 1 aliphatic heterocycles. The molecule has 0 bridgehead atoms. The zero-order valence-electron chi connectivity index (χ0n) is 18.2. The van der Waals surface area contributed by atoms with Crippen LogP contribution in [0.2, 0.25) is 5.02 Å². The third-order valence-corrected chi connectivity index (χ3v) is 6.77. The maximum atomic E-state index is 12.9. The number of nitrogen functional groups attached to an aromatic ring is 1. The van der Waals surface area contributed by atoms with Gasteiger partial charge >= 0.3 is 5.69 Å². The number of rotatable bonds is 7. The summed E-state index contributed by atoms with van der Waals surface area (Å²) in [7, 11) is 2.72. The smallest absolute Gasteiger partial charge is 0.332 e. The highest BCUT2D eigenvalue weighted by Gasteiger charge is 2.24. The van der Waals surface area contributed by atoms with E-state index in [2.05, 4.69) is 10.2 Å². The number of hydrogen-bond donors (Lipinski definition) is 1. The molecule has 12 heteroatoms. The Hall–Kier alpha value is -2.89. The number of halogens is 1. The molecular formula is C21H23ClN6O4S. The number of ketones is 1. The van der Waals surface area contributed by atoms with E-state index >= 15 is 0 Å². The Morgan fingerprint density at radius 2 is 1.94 bits per heavy atom. The molecule has 1 aliphatic rings. The number of ether oxygens (including phenoxy) is 1. The highest BCUT2D eigenvalue weighted by molar-refractivity contribution is 7.99. The van der Waals surface area contributed by atoms with Gasteiger partial charge in [-0.25, -0.2) is 4.79 Å². The first kappa shape index (κ1) is 23.3. The quantitative estimate of drug-likeness (QED) is 0.392. The summed E-state index contributed by atoms with van der Waals surface area (Å²) in [6, 6.07) is 7.26. The number of thioether (sulfide) groups is 1. The van der Waals surface area contributed by atoms with Crippen molar-refractivity contribution in [2.45, 2.75) is 30.6 Å². The summed E-state index contributed by atoms with van der Waals surface area (Å²) in [6.07, 6.45) is 1.93. The normalized spacial score (nSPS) is 15.8. The van der Waals surface area contributed by atoms with Crippen molar-refractivity contribution in [3.63, 3.8) is 0 Å². The Kier molecular flexibility index (Phi) is 6.73. The molecule has 3 heterocycles. The molecule has 4 rings (SSSR count). The van der Waals surface area contributed by atoms with E-state index in [4.69, 9.17) is 22.1 Å². The van der Waals surface area contributed by atoms with Crippen molar-refractivity contribution < 1.29 is 9.53 Å². The molecule has 2 N–H and O–H groups in total. The average molecular weight is 491 g/mol. The fourth-order valence-electron chi connectivity index (χ4n) is 3.69. The molecule has 0 amide bonds. The van der Waals surface area contributed by atoms with Crippen molar-refractivity contribution >= 4 is 35.0 Å². The van der Waals surface area contributed by atoms with Crippen LogP contribution in [0, 0.1) is 0 Å². The summed E-state index contributed by atoms with van der Waals surface area (Å²) in [5, 5.41) is 9.74. The van der Waals surface area contributed by atoms with Gasteiger partial charge in [-0.05, 0) is 37.1 Å². The number of aromatic nitrogens is 5. The number of carbonyl (C=O) groups is 1. The first-order valence-corrected chi connectivity index (χ1v) is 11.7. The fraction of sp³-hybridized carbons (Fsp3) is 0.381. The van der Waals surface area contributed by atoms with Crippen LogP contribution in [0.15, 0.2) is 39.0 Å². The molecule has 0 radical (unpaired) electrons. The molecule has 1 atom stereocenters. The molecule has 0 unspecified atom stereocenters. The van der Waals surface area contributed by atoms with Gasteiger partial charge in [-0.1, -0.05) is 23.4 Å². The van der Waals surface area contributed by atoms with Gasteiger partial charge in [0.25, 0.3) is 5.56 Å². The van der Waals surface area contributed by atoms with E-state index in [9.17, 15) is 14.4 Å².